The van der Waals surface area contributed by atoms with Crippen molar-refractivity contribution in [1.82, 2.24) is 19.8 Å². The van der Waals surface area contributed by atoms with Crippen LogP contribution in [0.4, 0.5) is 4.39 Å². The summed E-state index contributed by atoms with van der Waals surface area (Å²) in [5, 5.41) is 6.68. The number of aromatic amines is 1. The summed E-state index contributed by atoms with van der Waals surface area (Å²) in [6.07, 6.45) is 3.33. The van der Waals surface area contributed by atoms with Crippen LogP contribution in [-0.4, -0.2) is 42.5 Å². The van der Waals surface area contributed by atoms with Crippen molar-refractivity contribution in [3.63, 3.8) is 0 Å². The standard InChI is InChI=1S/C20H21FN4O4S/c1-13-18(30(27,28)23-11-14-5-4-6-15(21)9-14)10-17(29-13)19-16(12-22-24-19)20(26)25-7-2-3-8-25/h4-6,9-10,12,23H,2-3,7-8,11H2,1H3,(H,22,24). The molecular formula is C20H21FN4O4S. The second-order valence-electron chi connectivity index (χ2n) is 7.14. The molecule has 8 nitrogen and oxygen atoms in total. The molecule has 30 heavy (non-hydrogen) atoms. The van der Waals surface area contributed by atoms with Crippen LogP contribution in [0.5, 0.6) is 0 Å². The Labute approximate surface area is 173 Å². The zero-order valence-electron chi connectivity index (χ0n) is 16.3. The van der Waals surface area contributed by atoms with Gasteiger partial charge >= 0.3 is 0 Å². The number of halogens is 1. The highest BCUT2D eigenvalue weighted by molar-refractivity contribution is 7.89. The molecule has 0 spiro atoms. The first kappa shape index (κ1) is 20.3. The van der Waals surface area contributed by atoms with Crippen molar-refractivity contribution in [2.75, 3.05) is 13.1 Å². The summed E-state index contributed by atoms with van der Waals surface area (Å²) in [5.41, 5.74) is 1.16. The number of H-pyrrole nitrogens is 1. The van der Waals surface area contributed by atoms with Crippen molar-refractivity contribution in [3.05, 3.63) is 59.2 Å². The number of benzene rings is 1. The minimum absolute atomic E-state index is 0.0527. The van der Waals surface area contributed by atoms with E-state index in [0.29, 0.717) is 29.9 Å². The number of aryl methyl sites for hydroxylation is 1. The summed E-state index contributed by atoms with van der Waals surface area (Å²) in [7, 11) is -3.92. The molecule has 0 unspecified atom stereocenters. The summed E-state index contributed by atoms with van der Waals surface area (Å²) < 4.78 is 46.9. The molecule has 0 radical (unpaired) electrons. The molecule has 1 saturated heterocycles. The van der Waals surface area contributed by atoms with Gasteiger partial charge in [0.25, 0.3) is 5.91 Å². The third-order valence-electron chi connectivity index (χ3n) is 5.03. The summed E-state index contributed by atoms with van der Waals surface area (Å²) in [5.74, 6) is -0.230. The largest absolute Gasteiger partial charge is 0.458 e. The van der Waals surface area contributed by atoms with Crippen molar-refractivity contribution in [3.8, 4) is 11.5 Å². The highest BCUT2D eigenvalue weighted by Gasteiger charge is 2.27. The molecule has 0 bridgehead atoms. The van der Waals surface area contributed by atoms with Gasteiger partial charge in [0.2, 0.25) is 10.0 Å². The fraction of sp³-hybridized carbons (Fsp3) is 0.300. The topological polar surface area (TPSA) is 108 Å². The van der Waals surface area contributed by atoms with Crippen LogP contribution >= 0.6 is 0 Å². The van der Waals surface area contributed by atoms with Gasteiger partial charge in [0, 0.05) is 25.7 Å². The number of hydrogen-bond donors (Lipinski definition) is 2. The number of hydrogen-bond acceptors (Lipinski definition) is 5. The van der Waals surface area contributed by atoms with E-state index >= 15 is 0 Å². The molecular weight excluding hydrogens is 411 g/mol. The fourth-order valence-corrected chi connectivity index (χ4v) is 4.68. The number of likely N-dealkylation sites (tertiary alicyclic amines) is 1. The molecule has 158 valence electrons. The van der Waals surface area contributed by atoms with Gasteiger partial charge in [-0.05, 0) is 37.5 Å². The number of nitrogens with zero attached hydrogens (tertiary/aromatic N) is 2. The Morgan fingerprint density at radius 1 is 1.30 bits per heavy atom. The lowest BCUT2D eigenvalue weighted by Gasteiger charge is -2.14. The molecule has 0 aliphatic carbocycles. The lowest BCUT2D eigenvalue weighted by atomic mass is 10.2. The van der Waals surface area contributed by atoms with E-state index in [0.717, 1.165) is 12.8 Å². The number of sulfonamides is 1. The van der Waals surface area contributed by atoms with E-state index in [1.807, 2.05) is 0 Å². The number of carbonyl (C=O) groups is 1. The average Bonchev–Trinajstić information content (AvgIpc) is 3.46. The van der Waals surface area contributed by atoms with E-state index in [2.05, 4.69) is 14.9 Å². The Kier molecular flexibility index (Phi) is 5.44. The molecule has 0 saturated carbocycles. The van der Waals surface area contributed by atoms with Crippen LogP contribution in [0.1, 0.15) is 34.5 Å². The van der Waals surface area contributed by atoms with Crippen molar-refractivity contribution >= 4 is 15.9 Å². The van der Waals surface area contributed by atoms with Crippen LogP contribution in [0.2, 0.25) is 0 Å². The Bertz CT molecular complexity index is 1180. The predicted octanol–water partition coefficient (Wildman–Crippen LogP) is 2.83. The van der Waals surface area contributed by atoms with E-state index in [4.69, 9.17) is 4.42 Å². The van der Waals surface area contributed by atoms with E-state index in [1.54, 1.807) is 11.0 Å². The van der Waals surface area contributed by atoms with E-state index in [-0.39, 0.29) is 28.9 Å². The van der Waals surface area contributed by atoms with Crippen molar-refractivity contribution < 1.29 is 22.0 Å². The summed E-state index contributed by atoms with van der Waals surface area (Å²) in [6, 6.07) is 7.04. The van der Waals surface area contributed by atoms with Gasteiger partial charge in [0.1, 0.15) is 22.2 Å². The second-order valence-corrected chi connectivity index (χ2v) is 8.88. The molecule has 2 aromatic heterocycles. The molecule has 1 amide bonds. The van der Waals surface area contributed by atoms with Crippen LogP contribution in [0.25, 0.3) is 11.5 Å². The first-order valence-electron chi connectivity index (χ1n) is 9.53. The van der Waals surface area contributed by atoms with Crippen LogP contribution in [0.15, 0.2) is 45.8 Å². The normalized spacial score (nSPS) is 14.4. The first-order valence-corrected chi connectivity index (χ1v) is 11.0. The summed E-state index contributed by atoms with van der Waals surface area (Å²) in [6.45, 7) is 2.83. The number of furan rings is 1. The maximum Gasteiger partial charge on any atom is 0.257 e. The van der Waals surface area contributed by atoms with Crippen LogP contribution in [0, 0.1) is 12.7 Å². The lowest BCUT2D eigenvalue weighted by molar-refractivity contribution is 0.0793. The van der Waals surface area contributed by atoms with Gasteiger partial charge in [0.05, 0.1) is 11.8 Å². The van der Waals surface area contributed by atoms with E-state index in [9.17, 15) is 17.6 Å². The van der Waals surface area contributed by atoms with Gasteiger partial charge in [-0.3, -0.25) is 9.89 Å². The number of nitrogens with one attached hydrogen (secondary N) is 2. The molecule has 1 aromatic carbocycles. The summed E-state index contributed by atoms with van der Waals surface area (Å²) in [4.78, 5) is 14.4. The second kappa shape index (κ2) is 8.04. The van der Waals surface area contributed by atoms with Crippen molar-refractivity contribution in [2.24, 2.45) is 0 Å². The van der Waals surface area contributed by atoms with Gasteiger partial charge in [-0.25, -0.2) is 17.5 Å². The first-order chi connectivity index (χ1) is 14.3. The highest BCUT2D eigenvalue weighted by atomic mass is 32.2. The molecule has 4 rings (SSSR count). The maximum atomic E-state index is 13.3. The van der Waals surface area contributed by atoms with Gasteiger partial charge in [0.15, 0.2) is 5.76 Å². The zero-order chi connectivity index (χ0) is 21.3. The fourth-order valence-electron chi connectivity index (χ4n) is 3.49. The third kappa shape index (κ3) is 4.01. The van der Waals surface area contributed by atoms with Gasteiger partial charge in [-0.15, -0.1) is 0 Å². The molecule has 3 heterocycles. The van der Waals surface area contributed by atoms with Crippen LogP contribution in [0.3, 0.4) is 0 Å². The SMILES string of the molecule is Cc1oc(-c2[nH]ncc2C(=O)N2CCCC2)cc1S(=O)(=O)NCc1cccc(F)c1. The van der Waals surface area contributed by atoms with Gasteiger partial charge in [-0.2, -0.15) is 5.10 Å². The zero-order valence-corrected chi connectivity index (χ0v) is 17.1. The quantitative estimate of drug-likeness (QED) is 0.623. The lowest BCUT2D eigenvalue weighted by Crippen LogP contribution is -2.27. The number of amides is 1. The summed E-state index contributed by atoms with van der Waals surface area (Å²) >= 11 is 0. The number of carbonyl (C=O) groups excluding carboxylic acids is 1. The Morgan fingerprint density at radius 3 is 2.80 bits per heavy atom. The monoisotopic (exact) mass is 432 g/mol. The third-order valence-corrected chi connectivity index (χ3v) is 6.54. The van der Waals surface area contributed by atoms with Crippen molar-refractivity contribution in [2.45, 2.75) is 31.2 Å². The Balaban J connectivity index is 1.58. The minimum atomic E-state index is -3.92. The Morgan fingerprint density at radius 2 is 2.07 bits per heavy atom. The maximum absolute atomic E-state index is 13.3. The van der Waals surface area contributed by atoms with E-state index < -0.39 is 15.8 Å². The van der Waals surface area contributed by atoms with Crippen LogP contribution in [-0.2, 0) is 16.6 Å². The number of aromatic nitrogens is 2. The predicted molar refractivity (Wildman–Crippen MR) is 107 cm³/mol. The molecule has 1 aliphatic rings. The molecule has 10 heteroatoms. The molecule has 0 atom stereocenters. The molecule has 3 aromatic rings. The minimum Gasteiger partial charge on any atom is -0.458 e. The molecule has 1 fully saturated rings. The van der Waals surface area contributed by atoms with Crippen molar-refractivity contribution in [1.29, 1.82) is 0 Å². The van der Waals surface area contributed by atoms with Crippen LogP contribution < -0.4 is 4.72 Å². The number of rotatable bonds is 6. The average molecular weight is 432 g/mol. The van der Waals surface area contributed by atoms with Gasteiger partial charge < -0.3 is 9.32 Å². The highest BCUT2D eigenvalue weighted by Crippen LogP contribution is 2.30. The molecule has 1 aliphatic heterocycles. The molecule has 2 N–H and O–H groups in total. The smallest absolute Gasteiger partial charge is 0.257 e. The van der Waals surface area contributed by atoms with Gasteiger partial charge in [-0.1, -0.05) is 12.1 Å². The van der Waals surface area contributed by atoms with E-state index in [1.165, 1.54) is 37.4 Å². The Hall–Kier alpha value is -2.98.